The van der Waals surface area contributed by atoms with Crippen molar-refractivity contribution < 1.29 is 9.53 Å². The topological polar surface area (TPSA) is 86.0 Å². The van der Waals surface area contributed by atoms with E-state index in [2.05, 4.69) is 51.4 Å². The van der Waals surface area contributed by atoms with Gasteiger partial charge in [0.2, 0.25) is 0 Å². The Bertz CT molecular complexity index is 1300. The molecule has 8 nitrogen and oxygen atoms in total. The van der Waals surface area contributed by atoms with E-state index >= 15 is 0 Å². The lowest BCUT2D eigenvalue weighted by atomic mass is 10.2. The van der Waals surface area contributed by atoms with Crippen molar-refractivity contribution in [3.05, 3.63) is 70.4 Å². The van der Waals surface area contributed by atoms with Crippen LogP contribution in [0.3, 0.4) is 0 Å². The lowest BCUT2D eigenvalue weighted by Crippen LogP contribution is -2.48. The summed E-state index contributed by atoms with van der Waals surface area (Å²) in [5, 5.41) is 12.4. The van der Waals surface area contributed by atoms with Gasteiger partial charge < -0.3 is 9.64 Å². The summed E-state index contributed by atoms with van der Waals surface area (Å²) in [6.07, 6.45) is 3.58. The van der Waals surface area contributed by atoms with Crippen molar-refractivity contribution in [1.29, 1.82) is 0 Å². The number of hydrogen-bond acceptors (Lipinski definition) is 8. The molecular formula is C25H26N6O2S2. The molecule has 35 heavy (non-hydrogen) atoms. The second kappa shape index (κ2) is 10.3. The fourth-order valence-corrected chi connectivity index (χ4v) is 5.82. The van der Waals surface area contributed by atoms with Gasteiger partial charge in [-0.15, -0.1) is 21.5 Å². The van der Waals surface area contributed by atoms with Crippen LogP contribution in [0.2, 0.25) is 0 Å². The van der Waals surface area contributed by atoms with Crippen LogP contribution in [0.15, 0.2) is 59.3 Å². The first-order valence-electron chi connectivity index (χ1n) is 11.4. The molecule has 2 unspecified atom stereocenters. The zero-order valence-corrected chi connectivity index (χ0v) is 21.4. The number of nitrogens with zero attached hydrogens (tertiary/aromatic N) is 6. The largest absolute Gasteiger partial charge is 0.372 e. The average molecular weight is 507 g/mol. The summed E-state index contributed by atoms with van der Waals surface area (Å²) in [6.45, 7) is 7.21. The first-order valence-corrected chi connectivity index (χ1v) is 13.3. The van der Waals surface area contributed by atoms with E-state index in [4.69, 9.17) is 4.74 Å². The van der Waals surface area contributed by atoms with Gasteiger partial charge in [0.05, 0.1) is 18.0 Å². The molecule has 1 aliphatic rings. The first kappa shape index (κ1) is 23.7. The van der Waals surface area contributed by atoms with Crippen molar-refractivity contribution in [2.75, 3.05) is 13.1 Å². The number of morpholine rings is 1. The highest BCUT2D eigenvalue weighted by Gasteiger charge is 2.28. The molecule has 180 valence electrons. The summed E-state index contributed by atoms with van der Waals surface area (Å²) >= 11 is 3.04. The summed E-state index contributed by atoms with van der Waals surface area (Å²) < 4.78 is 7.79. The van der Waals surface area contributed by atoms with Crippen LogP contribution in [0.25, 0.3) is 17.1 Å². The molecule has 1 aromatic carbocycles. The van der Waals surface area contributed by atoms with Crippen LogP contribution in [0, 0.1) is 6.92 Å². The van der Waals surface area contributed by atoms with Gasteiger partial charge >= 0.3 is 0 Å². The fourth-order valence-electron chi connectivity index (χ4n) is 4.08. The minimum absolute atomic E-state index is 0.0264. The predicted molar refractivity (Wildman–Crippen MR) is 137 cm³/mol. The predicted octanol–water partition coefficient (Wildman–Crippen LogP) is 4.64. The van der Waals surface area contributed by atoms with Gasteiger partial charge in [-0.2, -0.15) is 0 Å². The molecular weight excluding hydrogens is 480 g/mol. The number of thiazole rings is 1. The highest BCUT2D eigenvalue weighted by Crippen LogP contribution is 2.30. The summed E-state index contributed by atoms with van der Waals surface area (Å²) in [7, 11) is 0. The fraction of sp³-hybridized carbons (Fsp3) is 0.320. The van der Waals surface area contributed by atoms with E-state index in [1.807, 2.05) is 40.8 Å². The Balaban J connectivity index is 1.36. The molecule has 0 radical (unpaired) electrons. The lowest BCUT2D eigenvalue weighted by molar-refractivity contribution is -0.0587. The maximum atomic E-state index is 13.0. The van der Waals surface area contributed by atoms with Gasteiger partial charge in [-0.1, -0.05) is 29.5 Å². The number of aryl methyl sites for hydroxylation is 1. The Morgan fingerprint density at radius 2 is 1.91 bits per heavy atom. The average Bonchev–Trinajstić information content (AvgIpc) is 3.50. The first-order chi connectivity index (χ1) is 17.0. The third-order valence-electron chi connectivity index (χ3n) is 5.65. The summed E-state index contributed by atoms with van der Waals surface area (Å²) in [5.74, 6) is 1.28. The van der Waals surface area contributed by atoms with Gasteiger partial charge in [0.25, 0.3) is 5.91 Å². The summed E-state index contributed by atoms with van der Waals surface area (Å²) in [5.41, 5.74) is 3.54. The Kier molecular flexibility index (Phi) is 6.94. The van der Waals surface area contributed by atoms with E-state index in [9.17, 15) is 4.79 Å². The van der Waals surface area contributed by atoms with Gasteiger partial charge in [0.15, 0.2) is 11.0 Å². The molecule has 0 bridgehead atoms. The molecule has 1 saturated heterocycles. The zero-order chi connectivity index (χ0) is 24.4. The van der Waals surface area contributed by atoms with E-state index < -0.39 is 0 Å². The van der Waals surface area contributed by atoms with E-state index in [-0.39, 0.29) is 18.1 Å². The number of aromatic nitrogens is 5. The molecule has 0 aliphatic carbocycles. The van der Waals surface area contributed by atoms with Crippen molar-refractivity contribution in [3.8, 4) is 17.1 Å². The Labute approximate surface area is 212 Å². The van der Waals surface area contributed by atoms with Crippen molar-refractivity contribution in [1.82, 2.24) is 29.6 Å². The summed E-state index contributed by atoms with van der Waals surface area (Å²) in [4.78, 5) is 23.7. The highest BCUT2D eigenvalue weighted by atomic mass is 32.2. The molecule has 1 aliphatic heterocycles. The minimum atomic E-state index is -0.0406. The number of hydrogen-bond donors (Lipinski definition) is 0. The van der Waals surface area contributed by atoms with Crippen molar-refractivity contribution in [2.24, 2.45) is 0 Å². The molecule has 5 rings (SSSR count). The Hall–Kier alpha value is -3.08. The molecule has 1 fully saturated rings. The number of benzene rings is 1. The van der Waals surface area contributed by atoms with Crippen molar-refractivity contribution >= 4 is 29.0 Å². The van der Waals surface area contributed by atoms with Crippen LogP contribution in [-0.2, 0) is 10.5 Å². The van der Waals surface area contributed by atoms with Crippen LogP contribution in [0.5, 0.6) is 0 Å². The number of thioether (sulfide) groups is 1. The van der Waals surface area contributed by atoms with Crippen molar-refractivity contribution in [2.45, 2.75) is 43.9 Å². The molecule has 1 amide bonds. The minimum Gasteiger partial charge on any atom is -0.372 e. The second-order valence-corrected chi connectivity index (χ2v) is 10.5. The number of rotatable bonds is 6. The Morgan fingerprint density at radius 1 is 1.14 bits per heavy atom. The maximum absolute atomic E-state index is 13.0. The monoisotopic (exact) mass is 506 g/mol. The normalized spacial score (nSPS) is 18.1. The molecule has 4 heterocycles. The number of carbonyl (C=O) groups excluding carboxylic acids is 1. The molecule has 2 atom stereocenters. The smallest absolute Gasteiger partial charge is 0.273 e. The van der Waals surface area contributed by atoms with Gasteiger partial charge in [0, 0.05) is 42.1 Å². The molecule has 0 N–H and O–H groups in total. The van der Waals surface area contributed by atoms with Crippen molar-refractivity contribution in [3.63, 3.8) is 0 Å². The van der Waals surface area contributed by atoms with Crippen LogP contribution < -0.4 is 0 Å². The highest BCUT2D eigenvalue weighted by molar-refractivity contribution is 7.98. The maximum Gasteiger partial charge on any atom is 0.273 e. The third-order valence-corrected chi connectivity index (χ3v) is 7.62. The lowest BCUT2D eigenvalue weighted by Gasteiger charge is -2.34. The summed E-state index contributed by atoms with van der Waals surface area (Å²) in [6, 6.07) is 12.1. The Morgan fingerprint density at radius 3 is 2.63 bits per heavy atom. The number of carbonyl (C=O) groups is 1. The van der Waals surface area contributed by atoms with Gasteiger partial charge in [-0.3, -0.25) is 14.3 Å². The SMILES string of the molecule is Cc1ccc(-n2c(SCc3nc(C(=O)N4CC(C)OC(C)C4)cs3)nnc2-c2cccnc2)cc1. The van der Waals surface area contributed by atoms with E-state index in [1.165, 1.54) is 16.9 Å². The van der Waals surface area contributed by atoms with E-state index in [0.717, 1.165) is 27.2 Å². The quantitative estimate of drug-likeness (QED) is 0.352. The molecule has 3 aromatic heterocycles. The molecule has 0 spiro atoms. The van der Waals surface area contributed by atoms with E-state index in [0.29, 0.717) is 24.5 Å². The number of pyridine rings is 1. The molecule has 4 aromatic rings. The van der Waals surface area contributed by atoms with Gasteiger partial charge in [0.1, 0.15) is 10.7 Å². The number of ether oxygens (including phenoxy) is 1. The molecule has 10 heteroatoms. The number of amides is 1. The van der Waals surface area contributed by atoms with Crippen LogP contribution in [0.1, 0.15) is 34.9 Å². The van der Waals surface area contributed by atoms with Gasteiger partial charge in [-0.05, 0) is 45.0 Å². The third kappa shape index (κ3) is 5.29. The second-order valence-electron chi connectivity index (χ2n) is 8.60. The van der Waals surface area contributed by atoms with Crippen LogP contribution in [-0.4, -0.2) is 60.8 Å². The zero-order valence-electron chi connectivity index (χ0n) is 19.8. The van der Waals surface area contributed by atoms with E-state index in [1.54, 1.807) is 24.2 Å². The standard InChI is InChI=1S/C25H26N6O2S2/c1-16-6-8-20(9-7-16)31-23(19-5-4-10-26-11-19)28-29-25(31)35-15-22-27-21(14-34-22)24(32)30-12-17(2)33-18(3)13-30/h4-11,14,17-18H,12-13,15H2,1-3H3. The van der Waals surface area contributed by atoms with Crippen LogP contribution in [0.4, 0.5) is 0 Å². The van der Waals surface area contributed by atoms with Gasteiger partial charge in [-0.25, -0.2) is 4.98 Å². The molecule has 0 saturated carbocycles. The van der Waals surface area contributed by atoms with Crippen LogP contribution >= 0.6 is 23.1 Å².